The van der Waals surface area contributed by atoms with Crippen LogP contribution in [0.3, 0.4) is 0 Å². The third-order valence-corrected chi connectivity index (χ3v) is 5.17. The van der Waals surface area contributed by atoms with Crippen LogP contribution in [0.15, 0.2) is 0 Å². The van der Waals surface area contributed by atoms with Crippen LogP contribution in [0.1, 0.15) is 65.7 Å². The maximum atomic E-state index is 2.45. The van der Waals surface area contributed by atoms with Crippen molar-refractivity contribution < 1.29 is 0 Å². The third-order valence-electron chi connectivity index (χ3n) is 5.17. The molecule has 5 atom stereocenters. The van der Waals surface area contributed by atoms with E-state index in [0.29, 0.717) is 0 Å². The monoisotopic (exact) mass is 208 g/mol. The Bertz CT molecular complexity index is 194. The fourth-order valence-electron chi connectivity index (χ4n) is 4.25. The molecule has 0 aromatic rings. The second-order valence-electron chi connectivity index (χ2n) is 6.43. The Morgan fingerprint density at radius 2 is 1.53 bits per heavy atom. The Morgan fingerprint density at radius 1 is 0.867 bits per heavy atom. The van der Waals surface area contributed by atoms with Gasteiger partial charge in [0.15, 0.2) is 0 Å². The summed E-state index contributed by atoms with van der Waals surface area (Å²) >= 11 is 0. The lowest BCUT2D eigenvalue weighted by molar-refractivity contribution is 0.125. The highest BCUT2D eigenvalue weighted by Crippen LogP contribution is 2.46. The molecular weight excluding hydrogens is 180 g/mol. The van der Waals surface area contributed by atoms with Gasteiger partial charge in [-0.3, -0.25) is 0 Å². The minimum atomic E-state index is 1.00. The van der Waals surface area contributed by atoms with E-state index in [0.717, 1.165) is 29.6 Å². The molecule has 88 valence electrons. The van der Waals surface area contributed by atoms with Crippen LogP contribution in [0, 0.1) is 29.6 Å². The van der Waals surface area contributed by atoms with E-state index >= 15 is 0 Å². The first-order valence-corrected chi connectivity index (χ1v) is 7.20. The summed E-state index contributed by atoms with van der Waals surface area (Å²) in [7, 11) is 0. The maximum absolute atomic E-state index is 2.45. The molecule has 5 unspecified atom stereocenters. The van der Waals surface area contributed by atoms with Gasteiger partial charge in [0.25, 0.3) is 0 Å². The summed E-state index contributed by atoms with van der Waals surface area (Å²) in [4.78, 5) is 0. The highest BCUT2D eigenvalue weighted by molar-refractivity contribution is 4.86. The molecule has 2 fully saturated rings. The van der Waals surface area contributed by atoms with Crippen molar-refractivity contribution in [3.05, 3.63) is 0 Å². The molecule has 0 N–H and O–H groups in total. The third kappa shape index (κ3) is 2.57. The van der Waals surface area contributed by atoms with Gasteiger partial charge in [0.05, 0.1) is 0 Å². The predicted molar refractivity (Wildman–Crippen MR) is 66.8 cm³/mol. The van der Waals surface area contributed by atoms with Gasteiger partial charge in [0.1, 0.15) is 0 Å². The molecule has 15 heavy (non-hydrogen) atoms. The van der Waals surface area contributed by atoms with Gasteiger partial charge in [0, 0.05) is 0 Å². The van der Waals surface area contributed by atoms with Crippen LogP contribution < -0.4 is 0 Å². The van der Waals surface area contributed by atoms with Gasteiger partial charge in [-0.2, -0.15) is 0 Å². The molecule has 0 heteroatoms. The van der Waals surface area contributed by atoms with Crippen LogP contribution in [0.4, 0.5) is 0 Å². The number of hydrogen-bond donors (Lipinski definition) is 0. The van der Waals surface area contributed by atoms with Gasteiger partial charge in [0.2, 0.25) is 0 Å². The van der Waals surface area contributed by atoms with Gasteiger partial charge in [-0.1, -0.05) is 40.0 Å². The molecule has 2 saturated carbocycles. The van der Waals surface area contributed by atoms with E-state index in [9.17, 15) is 0 Å². The van der Waals surface area contributed by atoms with Crippen molar-refractivity contribution in [2.75, 3.05) is 0 Å². The summed E-state index contributed by atoms with van der Waals surface area (Å²) in [5.74, 6) is 5.27. The highest BCUT2D eigenvalue weighted by atomic mass is 14.4. The molecule has 2 aliphatic carbocycles. The quantitative estimate of drug-likeness (QED) is 0.606. The standard InChI is InChI=1S/C15H28/c1-4-13-9-12(3)6-8-15(13)14-7-5-11(2)10-14/h11-15H,4-10H2,1-3H3. The van der Waals surface area contributed by atoms with Gasteiger partial charge < -0.3 is 0 Å². The molecule has 2 rings (SSSR count). The van der Waals surface area contributed by atoms with Crippen molar-refractivity contribution in [2.24, 2.45) is 29.6 Å². The minimum Gasteiger partial charge on any atom is -0.0651 e. The van der Waals surface area contributed by atoms with Crippen molar-refractivity contribution in [1.82, 2.24) is 0 Å². The van der Waals surface area contributed by atoms with Gasteiger partial charge in [-0.05, 0) is 55.3 Å². The molecule has 0 nitrogen and oxygen atoms in total. The van der Waals surface area contributed by atoms with Crippen molar-refractivity contribution in [2.45, 2.75) is 65.7 Å². The lowest BCUT2D eigenvalue weighted by atomic mass is 9.68. The minimum absolute atomic E-state index is 1.00. The SMILES string of the molecule is CCC1CC(C)CCC1C1CCC(C)C1. The molecule has 0 amide bonds. The first-order chi connectivity index (χ1) is 7.20. The van der Waals surface area contributed by atoms with Crippen molar-refractivity contribution >= 4 is 0 Å². The Balaban J connectivity index is 1.95. The lowest BCUT2D eigenvalue weighted by Gasteiger charge is -2.38. The fourth-order valence-corrected chi connectivity index (χ4v) is 4.25. The summed E-state index contributed by atoms with van der Waals surface area (Å²) < 4.78 is 0. The Morgan fingerprint density at radius 3 is 2.13 bits per heavy atom. The predicted octanol–water partition coefficient (Wildman–Crippen LogP) is 4.89. The van der Waals surface area contributed by atoms with Gasteiger partial charge >= 0.3 is 0 Å². The van der Waals surface area contributed by atoms with Crippen LogP contribution in [-0.2, 0) is 0 Å². The maximum Gasteiger partial charge on any atom is -0.0357 e. The zero-order valence-corrected chi connectivity index (χ0v) is 10.8. The number of rotatable bonds is 2. The Labute approximate surface area is 95.8 Å². The largest absolute Gasteiger partial charge is 0.0651 e. The van der Waals surface area contributed by atoms with Gasteiger partial charge in [-0.15, -0.1) is 0 Å². The first-order valence-electron chi connectivity index (χ1n) is 7.20. The van der Waals surface area contributed by atoms with E-state index in [1.54, 1.807) is 0 Å². The van der Waals surface area contributed by atoms with E-state index in [1.807, 2.05) is 0 Å². The molecule has 0 aromatic carbocycles. The van der Waals surface area contributed by atoms with Crippen LogP contribution >= 0.6 is 0 Å². The van der Waals surface area contributed by atoms with E-state index in [4.69, 9.17) is 0 Å². The number of hydrogen-bond acceptors (Lipinski definition) is 0. The summed E-state index contributed by atoms with van der Waals surface area (Å²) in [5.41, 5.74) is 0. The van der Waals surface area contributed by atoms with Gasteiger partial charge in [-0.25, -0.2) is 0 Å². The van der Waals surface area contributed by atoms with Crippen LogP contribution in [-0.4, -0.2) is 0 Å². The molecule has 0 radical (unpaired) electrons. The molecule has 0 aliphatic heterocycles. The topological polar surface area (TPSA) is 0 Å². The average Bonchev–Trinajstić information content (AvgIpc) is 2.64. The van der Waals surface area contributed by atoms with Crippen molar-refractivity contribution in [1.29, 1.82) is 0 Å². The summed E-state index contributed by atoms with van der Waals surface area (Å²) in [6.45, 7) is 7.32. The summed E-state index contributed by atoms with van der Waals surface area (Å²) in [6.07, 6.45) is 10.6. The van der Waals surface area contributed by atoms with E-state index in [1.165, 1.54) is 44.9 Å². The molecule has 0 saturated heterocycles. The summed E-state index contributed by atoms with van der Waals surface area (Å²) in [5, 5.41) is 0. The molecule has 0 heterocycles. The Hall–Kier alpha value is 0. The van der Waals surface area contributed by atoms with E-state index < -0.39 is 0 Å². The fraction of sp³-hybridized carbons (Fsp3) is 1.00. The van der Waals surface area contributed by atoms with Crippen LogP contribution in [0.25, 0.3) is 0 Å². The molecule has 0 spiro atoms. The molecular formula is C15H28. The lowest BCUT2D eigenvalue weighted by Crippen LogP contribution is -2.28. The smallest absolute Gasteiger partial charge is 0.0357 e. The second kappa shape index (κ2) is 4.89. The van der Waals surface area contributed by atoms with Crippen molar-refractivity contribution in [3.8, 4) is 0 Å². The average molecular weight is 208 g/mol. The van der Waals surface area contributed by atoms with Crippen molar-refractivity contribution in [3.63, 3.8) is 0 Å². The normalized spacial score (nSPS) is 47.0. The second-order valence-corrected chi connectivity index (χ2v) is 6.43. The first kappa shape index (κ1) is 11.5. The zero-order chi connectivity index (χ0) is 10.8. The molecule has 0 bridgehead atoms. The molecule has 2 aliphatic rings. The van der Waals surface area contributed by atoms with E-state index in [2.05, 4.69) is 20.8 Å². The Kier molecular flexibility index (Phi) is 3.74. The molecule has 0 aromatic heterocycles. The summed E-state index contributed by atoms with van der Waals surface area (Å²) in [6, 6.07) is 0. The van der Waals surface area contributed by atoms with E-state index in [-0.39, 0.29) is 0 Å². The highest BCUT2D eigenvalue weighted by Gasteiger charge is 2.35. The van der Waals surface area contributed by atoms with Crippen LogP contribution in [0.5, 0.6) is 0 Å². The van der Waals surface area contributed by atoms with Crippen LogP contribution in [0.2, 0.25) is 0 Å². The zero-order valence-electron chi connectivity index (χ0n) is 10.8.